The maximum Gasteiger partial charge on any atom is 0.253 e. The standard InChI is InChI=1S/C13H15N3OS/c1-9-4-6-18-12(9)8-16-13(17)10-3-5-15-7-11(10)14-2/h3-7,14H,8H2,1-2H3,(H,16,17). The van der Waals surface area contributed by atoms with Gasteiger partial charge < -0.3 is 10.6 Å². The van der Waals surface area contributed by atoms with E-state index in [2.05, 4.69) is 21.7 Å². The smallest absolute Gasteiger partial charge is 0.253 e. The zero-order valence-corrected chi connectivity index (χ0v) is 11.2. The monoisotopic (exact) mass is 261 g/mol. The molecule has 0 unspecified atom stereocenters. The minimum Gasteiger partial charge on any atom is -0.386 e. The SMILES string of the molecule is CNc1cnccc1C(=O)NCc1sccc1C. The highest BCUT2D eigenvalue weighted by molar-refractivity contribution is 7.10. The fourth-order valence-electron chi connectivity index (χ4n) is 1.63. The van der Waals surface area contributed by atoms with Gasteiger partial charge >= 0.3 is 0 Å². The van der Waals surface area contributed by atoms with Crippen molar-refractivity contribution < 1.29 is 4.79 Å². The Balaban J connectivity index is 2.06. The zero-order valence-electron chi connectivity index (χ0n) is 10.4. The Hall–Kier alpha value is -1.88. The van der Waals surface area contributed by atoms with Gasteiger partial charge in [0.05, 0.1) is 24.0 Å². The molecule has 0 aliphatic heterocycles. The summed E-state index contributed by atoms with van der Waals surface area (Å²) >= 11 is 1.65. The van der Waals surface area contributed by atoms with Gasteiger partial charge in [-0.05, 0) is 30.0 Å². The van der Waals surface area contributed by atoms with E-state index >= 15 is 0 Å². The number of carbonyl (C=O) groups is 1. The maximum absolute atomic E-state index is 12.1. The molecule has 0 spiro atoms. The largest absolute Gasteiger partial charge is 0.386 e. The summed E-state index contributed by atoms with van der Waals surface area (Å²) in [6, 6.07) is 3.76. The molecule has 0 aromatic carbocycles. The molecule has 0 saturated carbocycles. The molecular weight excluding hydrogens is 246 g/mol. The molecule has 2 rings (SSSR count). The molecule has 0 radical (unpaired) electrons. The second-order valence-corrected chi connectivity index (χ2v) is 4.88. The number of nitrogens with zero attached hydrogens (tertiary/aromatic N) is 1. The Kier molecular flexibility index (Phi) is 3.94. The number of pyridine rings is 1. The third kappa shape index (κ3) is 2.68. The highest BCUT2D eigenvalue weighted by atomic mass is 32.1. The van der Waals surface area contributed by atoms with Crippen molar-refractivity contribution in [1.82, 2.24) is 10.3 Å². The highest BCUT2D eigenvalue weighted by Gasteiger charge is 2.10. The van der Waals surface area contributed by atoms with Gasteiger partial charge in [-0.15, -0.1) is 11.3 Å². The summed E-state index contributed by atoms with van der Waals surface area (Å²) in [7, 11) is 1.78. The van der Waals surface area contributed by atoms with E-state index in [0.717, 1.165) is 5.69 Å². The van der Waals surface area contributed by atoms with E-state index in [1.165, 1.54) is 10.4 Å². The highest BCUT2D eigenvalue weighted by Crippen LogP contribution is 2.16. The van der Waals surface area contributed by atoms with Crippen molar-refractivity contribution >= 4 is 22.9 Å². The molecule has 0 fully saturated rings. The first kappa shape index (κ1) is 12.6. The van der Waals surface area contributed by atoms with Crippen molar-refractivity contribution in [3.63, 3.8) is 0 Å². The predicted octanol–water partition coefficient (Wildman–Crippen LogP) is 2.42. The van der Waals surface area contributed by atoms with Gasteiger partial charge in [-0.2, -0.15) is 0 Å². The molecule has 2 aromatic rings. The van der Waals surface area contributed by atoms with Crippen molar-refractivity contribution in [1.29, 1.82) is 0 Å². The molecule has 0 saturated heterocycles. The van der Waals surface area contributed by atoms with Crippen LogP contribution >= 0.6 is 11.3 Å². The fraction of sp³-hybridized carbons (Fsp3) is 0.231. The summed E-state index contributed by atoms with van der Waals surface area (Å²) < 4.78 is 0. The van der Waals surface area contributed by atoms with E-state index in [1.54, 1.807) is 36.8 Å². The van der Waals surface area contributed by atoms with Crippen LogP contribution < -0.4 is 10.6 Å². The van der Waals surface area contributed by atoms with Gasteiger partial charge in [0, 0.05) is 18.1 Å². The first-order chi connectivity index (χ1) is 8.72. The molecule has 0 aliphatic rings. The predicted molar refractivity (Wildman–Crippen MR) is 74.0 cm³/mol. The molecule has 2 heterocycles. The number of thiophene rings is 1. The molecule has 94 valence electrons. The lowest BCUT2D eigenvalue weighted by Crippen LogP contribution is -2.23. The van der Waals surface area contributed by atoms with Crippen LogP contribution in [0.4, 0.5) is 5.69 Å². The minimum absolute atomic E-state index is 0.0884. The Morgan fingerprint density at radius 2 is 2.28 bits per heavy atom. The lowest BCUT2D eigenvalue weighted by molar-refractivity contribution is 0.0952. The van der Waals surface area contributed by atoms with Gasteiger partial charge in [0.15, 0.2) is 0 Å². The van der Waals surface area contributed by atoms with Crippen molar-refractivity contribution in [2.75, 3.05) is 12.4 Å². The number of hydrogen-bond acceptors (Lipinski definition) is 4. The summed E-state index contributed by atoms with van der Waals surface area (Å²) in [6.07, 6.45) is 3.26. The van der Waals surface area contributed by atoms with Gasteiger partial charge in [-0.25, -0.2) is 0 Å². The molecule has 18 heavy (non-hydrogen) atoms. The van der Waals surface area contributed by atoms with Crippen molar-refractivity contribution in [3.8, 4) is 0 Å². The topological polar surface area (TPSA) is 54.0 Å². The van der Waals surface area contributed by atoms with Crippen molar-refractivity contribution in [3.05, 3.63) is 45.9 Å². The molecule has 0 aliphatic carbocycles. The van der Waals surface area contributed by atoms with Gasteiger partial charge in [0.25, 0.3) is 5.91 Å². The van der Waals surface area contributed by atoms with Crippen LogP contribution in [0.1, 0.15) is 20.8 Å². The van der Waals surface area contributed by atoms with Gasteiger partial charge in [-0.1, -0.05) is 0 Å². The third-order valence-corrected chi connectivity index (χ3v) is 3.74. The van der Waals surface area contributed by atoms with Crippen LogP contribution in [0.2, 0.25) is 0 Å². The average molecular weight is 261 g/mol. The van der Waals surface area contributed by atoms with E-state index in [9.17, 15) is 4.79 Å². The summed E-state index contributed by atoms with van der Waals surface area (Å²) in [4.78, 5) is 17.2. The number of rotatable bonds is 4. The molecule has 0 atom stereocenters. The summed E-state index contributed by atoms with van der Waals surface area (Å²) in [5.41, 5.74) is 2.56. The second-order valence-electron chi connectivity index (χ2n) is 3.88. The van der Waals surface area contributed by atoms with Crippen LogP contribution in [0.25, 0.3) is 0 Å². The number of aryl methyl sites for hydroxylation is 1. The van der Waals surface area contributed by atoms with Crippen molar-refractivity contribution in [2.24, 2.45) is 0 Å². The lowest BCUT2D eigenvalue weighted by atomic mass is 10.2. The number of aromatic nitrogens is 1. The van der Waals surface area contributed by atoms with Gasteiger partial charge in [0.1, 0.15) is 0 Å². The van der Waals surface area contributed by atoms with Crippen LogP contribution in [0.5, 0.6) is 0 Å². The van der Waals surface area contributed by atoms with Crippen LogP contribution in [0.3, 0.4) is 0 Å². The summed E-state index contributed by atoms with van der Waals surface area (Å²) in [5, 5.41) is 7.91. The zero-order chi connectivity index (χ0) is 13.0. The first-order valence-corrected chi connectivity index (χ1v) is 6.53. The molecule has 0 bridgehead atoms. The Morgan fingerprint density at radius 3 is 2.94 bits per heavy atom. The average Bonchev–Trinajstić information content (AvgIpc) is 2.81. The Morgan fingerprint density at radius 1 is 1.44 bits per heavy atom. The number of amides is 1. The molecule has 4 nitrogen and oxygen atoms in total. The number of hydrogen-bond donors (Lipinski definition) is 2. The van der Waals surface area contributed by atoms with Crippen LogP contribution in [0, 0.1) is 6.92 Å². The van der Waals surface area contributed by atoms with E-state index < -0.39 is 0 Å². The normalized spacial score (nSPS) is 10.1. The Labute approximate surface area is 110 Å². The summed E-state index contributed by atoms with van der Waals surface area (Å²) in [5.74, 6) is -0.0884. The van der Waals surface area contributed by atoms with E-state index in [-0.39, 0.29) is 5.91 Å². The number of anilines is 1. The molecule has 2 N–H and O–H groups in total. The number of carbonyl (C=O) groups excluding carboxylic acids is 1. The van der Waals surface area contributed by atoms with E-state index in [0.29, 0.717) is 12.1 Å². The summed E-state index contributed by atoms with van der Waals surface area (Å²) in [6.45, 7) is 2.61. The number of nitrogens with one attached hydrogen (secondary N) is 2. The van der Waals surface area contributed by atoms with Gasteiger partial charge in [-0.3, -0.25) is 9.78 Å². The fourth-order valence-corrected chi connectivity index (χ4v) is 2.48. The second kappa shape index (κ2) is 5.64. The first-order valence-electron chi connectivity index (χ1n) is 5.65. The molecule has 2 aromatic heterocycles. The van der Waals surface area contributed by atoms with Gasteiger partial charge in [0.2, 0.25) is 0 Å². The maximum atomic E-state index is 12.1. The Bertz CT molecular complexity index is 551. The quantitative estimate of drug-likeness (QED) is 0.888. The lowest BCUT2D eigenvalue weighted by Gasteiger charge is -2.08. The van der Waals surface area contributed by atoms with E-state index in [1.807, 2.05) is 12.3 Å². The van der Waals surface area contributed by atoms with Crippen LogP contribution in [-0.4, -0.2) is 17.9 Å². The van der Waals surface area contributed by atoms with E-state index in [4.69, 9.17) is 0 Å². The molecule has 1 amide bonds. The molecule has 5 heteroatoms. The third-order valence-electron chi connectivity index (χ3n) is 2.71. The van der Waals surface area contributed by atoms with Crippen LogP contribution in [-0.2, 0) is 6.54 Å². The molecular formula is C13H15N3OS. The van der Waals surface area contributed by atoms with Crippen molar-refractivity contribution in [2.45, 2.75) is 13.5 Å². The van der Waals surface area contributed by atoms with Crippen LogP contribution in [0.15, 0.2) is 29.9 Å². The minimum atomic E-state index is -0.0884.